The summed E-state index contributed by atoms with van der Waals surface area (Å²) in [6, 6.07) is 6.55. The molecule has 1 aliphatic heterocycles. The molecule has 30 heavy (non-hydrogen) atoms. The van der Waals surface area contributed by atoms with Crippen LogP contribution >= 0.6 is 0 Å². The Morgan fingerprint density at radius 1 is 1.33 bits per heavy atom. The largest absolute Gasteiger partial charge is 0.417 e. The van der Waals surface area contributed by atoms with Crippen LogP contribution in [-0.4, -0.2) is 60.0 Å². The number of nitriles is 1. The minimum atomic E-state index is -4.62. The van der Waals surface area contributed by atoms with Crippen LogP contribution in [0.5, 0.6) is 0 Å². The first-order chi connectivity index (χ1) is 14.3. The van der Waals surface area contributed by atoms with E-state index in [0.717, 1.165) is 6.07 Å². The Morgan fingerprint density at radius 2 is 2.10 bits per heavy atom. The maximum atomic E-state index is 13.3. The summed E-state index contributed by atoms with van der Waals surface area (Å²) in [5.41, 5.74) is -0.705. The fourth-order valence-corrected chi connectivity index (χ4v) is 3.55. The van der Waals surface area contributed by atoms with Gasteiger partial charge in [-0.3, -0.25) is 9.48 Å². The van der Waals surface area contributed by atoms with Crippen LogP contribution in [0.1, 0.15) is 28.5 Å². The molecule has 10 heteroatoms. The molecule has 1 aromatic carbocycles. The molecule has 0 N–H and O–H groups in total. The smallest absolute Gasteiger partial charge is 0.382 e. The van der Waals surface area contributed by atoms with Gasteiger partial charge in [-0.1, -0.05) is 0 Å². The van der Waals surface area contributed by atoms with Gasteiger partial charge >= 0.3 is 6.18 Å². The summed E-state index contributed by atoms with van der Waals surface area (Å²) in [5.74, 6) is -0.236. The van der Waals surface area contributed by atoms with E-state index in [-0.39, 0.29) is 18.6 Å². The molecule has 0 aliphatic carbocycles. The van der Waals surface area contributed by atoms with Gasteiger partial charge in [-0.05, 0) is 31.2 Å². The monoisotopic (exact) mass is 421 g/mol. The quantitative estimate of drug-likeness (QED) is 0.742. The number of amides is 1. The highest BCUT2D eigenvalue weighted by Crippen LogP contribution is 2.35. The van der Waals surface area contributed by atoms with E-state index in [9.17, 15) is 18.0 Å². The van der Waals surface area contributed by atoms with Crippen LogP contribution in [0.25, 0.3) is 0 Å². The topological polar surface area (TPSA) is 74.4 Å². The summed E-state index contributed by atoms with van der Waals surface area (Å²) in [5, 5.41) is 13.2. The molecule has 2 aromatic rings. The molecular formula is C20H22F3N5O2. The van der Waals surface area contributed by atoms with Crippen molar-refractivity contribution in [2.24, 2.45) is 0 Å². The molecule has 1 aromatic heterocycles. The molecular weight excluding hydrogens is 399 g/mol. The van der Waals surface area contributed by atoms with Crippen LogP contribution < -0.4 is 4.90 Å². The van der Waals surface area contributed by atoms with Crippen molar-refractivity contribution in [3.63, 3.8) is 0 Å². The number of piperazine rings is 1. The summed E-state index contributed by atoms with van der Waals surface area (Å²) in [7, 11) is 1.51. The molecule has 1 unspecified atom stereocenters. The van der Waals surface area contributed by atoms with E-state index in [2.05, 4.69) is 5.10 Å². The van der Waals surface area contributed by atoms with Crippen molar-refractivity contribution < 1.29 is 22.7 Å². The lowest BCUT2D eigenvalue weighted by Gasteiger charge is -2.42. The highest BCUT2D eigenvalue weighted by atomic mass is 19.4. The van der Waals surface area contributed by atoms with E-state index >= 15 is 0 Å². The fourth-order valence-electron chi connectivity index (χ4n) is 3.55. The first kappa shape index (κ1) is 21.6. The van der Waals surface area contributed by atoms with Gasteiger partial charge in [0.1, 0.15) is 5.69 Å². The molecule has 2 heterocycles. The number of benzene rings is 1. The number of carbonyl (C=O) groups is 1. The predicted molar refractivity (Wildman–Crippen MR) is 103 cm³/mol. The van der Waals surface area contributed by atoms with Crippen molar-refractivity contribution in [2.45, 2.75) is 25.7 Å². The lowest BCUT2D eigenvalue weighted by Crippen LogP contribution is -2.57. The maximum Gasteiger partial charge on any atom is 0.417 e. The van der Waals surface area contributed by atoms with Crippen LogP contribution in [0.15, 0.2) is 30.5 Å². The van der Waals surface area contributed by atoms with Crippen LogP contribution in [0, 0.1) is 11.3 Å². The van der Waals surface area contributed by atoms with Crippen LogP contribution in [0.2, 0.25) is 0 Å². The minimum Gasteiger partial charge on any atom is -0.382 e. The summed E-state index contributed by atoms with van der Waals surface area (Å²) >= 11 is 0. The Kier molecular flexibility index (Phi) is 6.31. The molecule has 1 fully saturated rings. The number of ether oxygens (including phenoxy) is 1. The van der Waals surface area contributed by atoms with Gasteiger partial charge in [0.05, 0.1) is 29.8 Å². The second kappa shape index (κ2) is 8.75. The number of hydrogen-bond acceptors (Lipinski definition) is 5. The maximum absolute atomic E-state index is 13.3. The van der Waals surface area contributed by atoms with Crippen LogP contribution in [-0.2, 0) is 17.5 Å². The predicted octanol–water partition coefficient (Wildman–Crippen LogP) is 2.77. The molecule has 0 radical (unpaired) electrons. The van der Waals surface area contributed by atoms with Crippen molar-refractivity contribution in [1.29, 1.82) is 5.26 Å². The van der Waals surface area contributed by atoms with E-state index in [1.54, 1.807) is 32.8 Å². The van der Waals surface area contributed by atoms with Gasteiger partial charge in [-0.25, -0.2) is 0 Å². The third kappa shape index (κ3) is 4.41. The normalized spacial score (nSPS) is 17.1. The van der Waals surface area contributed by atoms with Gasteiger partial charge in [-0.2, -0.15) is 23.5 Å². The van der Waals surface area contributed by atoms with Gasteiger partial charge in [0, 0.05) is 45.2 Å². The number of aromatic nitrogens is 2. The molecule has 1 amide bonds. The zero-order valence-corrected chi connectivity index (χ0v) is 16.7. The third-order valence-corrected chi connectivity index (χ3v) is 5.08. The number of nitrogens with zero attached hydrogens (tertiary/aromatic N) is 5. The third-order valence-electron chi connectivity index (χ3n) is 5.08. The lowest BCUT2D eigenvalue weighted by molar-refractivity contribution is -0.137. The van der Waals surface area contributed by atoms with E-state index in [4.69, 9.17) is 10.00 Å². The number of rotatable bonds is 5. The number of methoxy groups -OCH3 is 1. The first-order valence-corrected chi connectivity index (χ1v) is 9.48. The summed E-state index contributed by atoms with van der Waals surface area (Å²) in [6.45, 7) is 3.76. The Labute approximate surface area is 172 Å². The van der Waals surface area contributed by atoms with Crippen molar-refractivity contribution in [2.75, 3.05) is 38.3 Å². The molecule has 1 atom stereocenters. The number of halogens is 3. The molecule has 1 aliphatic rings. The zero-order chi connectivity index (χ0) is 21.9. The minimum absolute atomic E-state index is 0.235. The van der Waals surface area contributed by atoms with E-state index in [0.29, 0.717) is 37.6 Å². The molecule has 3 rings (SSSR count). The van der Waals surface area contributed by atoms with Crippen LogP contribution in [0.4, 0.5) is 18.9 Å². The Morgan fingerprint density at radius 3 is 2.70 bits per heavy atom. The fraction of sp³-hybridized carbons (Fsp3) is 0.450. The summed E-state index contributed by atoms with van der Waals surface area (Å²) in [4.78, 5) is 16.3. The number of carbonyl (C=O) groups excluding carboxylic acids is 1. The second-order valence-corrected chi connectivity index (χ2v) is 6.95. The van der Waals surface area contributed by atoms with Crippen LogP contribution in [0.3, 0.4) is 0 Å². The van der Waals surface area contributed by atoms with Gasteiger partial charge in [-0.15, -0.1) is 0 Å². The lowest BCUT2D eigenvalue weighted by atomic mass is 10.0. The molecule has 0 spiro atoms. The first-order valence-electron chi connectivity index (χ1n) is 9.48. The van der Waals surface area contributed by atoms with Gasteiger partial charge < -0.3 is 14.5 Å². The van der Waals surface area contributed by atoms with E-state index < -0.39 is 17.3 Å². The van der Waals surface area contributed by atoms with E-state index in [1.165, 1.54) is 19.2 Å². The van der Waals surface area contributed by atoms with Crippen molar-refractivity contribution in [3.8, 4) is 6.07 Å². The SMILES string of the molecule is CCn1ccc(C(=O)N2CCN(c3ccc(C#N)c(C(F)(F)F)c3)CC2COC)n1. The van der Waals surface area contributed by atoms with Crippen molar-refractivity contribution in [3.05, 3.63) is 47.3 Å². The zero-order valence-electron chi connectivity index (χ0n) is 16.7. The Balaban J connectivity index is 1.83. The average Bonchev–Trinajstić information content (AvgIpc) is 3.22. The molecule has 160 valence electrons. The van der Waals surface area contributed by atoms with Gasteiger partial charge in [0.15, 0.2) is 0 Å². The Bertz CT molecular complexity index is 951. The Hall–Kier alpha value is -3.06. The summed E-state index contributed by atoms with van der Waals surface area (Å²) < 4.78 is 46.9. The van der Waals surface area contributed by atoms with Gasteiger partial charge in [0.2, 0.25) is 0 Å². The highest BCUT2D eigenvalue weighted by molar-refractivity contribution is 5.92. The standard InChI is InChI=1S/C20H22F3N5O2/c1-3-27-7-6-18(25-27)19(29)28-9-8-26(12-16(28)13-30-2)15-5-4-14(11-24)17(10-15)20(21,22)23/h4-7,10,16H,3,8-9,12-13H2,1-2H3. The van der Waals surface area contributed by atoms with E-state index in [1.807, 2.05) is 6.92 Å². The van der Waals surface area contributed by atoms with Gasteiger partial charge in [0.25, 0.3) is 5.91 Å². The summed E-state index contributed by atoms with van der Waals surface area (Å²) in [6.07, 6.45) is -2.90. The van der Waals surface area contributed by atoms with Crippen molar-refractivity contribution in [1.82, 2.24) is 14.7 Å². The molecule has 0 bridgehead atoms. The van der Waals surface area contributed by atoms with Crippen molar-refractivity contribution >= 4 is 11.6 Å². The molecule has 7 nitrogen and oxygen atoms in total. The second-order valence-electron chi connectivity index (χ2n) is 6.95. The number of anilines is 1. The number of aryl methyl sites for hydroxylation is 1. The molecule has 1 saturated heterocycles. The molecule has 0 saturated carbocycles. The average molecular weight is 421 g/mol. The number of hydrogen-bond donors (Lipinski definition) is 0. The number of alkyl halides is 3. The highest BCUT2D eigenvalue weighted by Gasteiger charge is 2.36.